The van der Waals surface area contributed by atoms with Gasteiger partial charge < -0.3 is 10.4 Å². The van der Waals surface area contributed by atoms with Gasteiger partial charge in [0.2, 0.25) is 5.91 Å². The number of aryl methyl sites for hydroxylation is 1. The second-order valence-electron chi connectivity index (χ2n) is 7.39. The number of fused-ring (bicyclic) bond motifs is 1. The number of carbonyl (C=O) groups is 2. The van der Waals surface area contributed by atoms with Crippen LogP contribution in [0.1, 0.15) is 74.6 Å². The van der Waals surface area contributed by atoms with E-state index in [2.05, 4.69) is 37.4 Å². The van der Waals surface area contributed by atoms with Crippen LogP contribution in [0.15, 0.2) is 18.2 Å². The maximum atomic E-state index is 12.4. The van der Waals surface area contributed by atoms with Crippen molar-refractivity contribution >= 4 is 11.9 Å². The molecule has 1 aromatic rings. The number of amides is 1. The van der Waals surface area contributed by atoms with Crippen molar-refractivity contribution < 1.29 is 14.7 Å². The predicted octanol–water partition coefficient (Wildman–Crippen LogP) is 3.56. The molecule has 23 heavy (non-hydrogen) atoms. The Balaban J connectivity index is 1.69. The molecule has 0 radical (unpaired) electrons. The summed E-state index contributed by atoms with van der Waals surface area (Å²) in [5, 5.41) is 12.4. The molecule has 1 aromatic carbocycles. The molecule has 1 atom stereocenters. The fourth-order valence-electron chi connectivity index (χ4n) is 3.75. The Morgan fingerprint density at radius 1 is 1.35 bits per heavy atom. The Kier molecular flexibility index (Phi) is 4.17. The summed E-state index contributed by atoms with van der Waals surface area (Å²) >= 11 is 0. The Morgan fingerprint density at radius 2 is 2.09 bits per heavy atom. The maximum Gasteiger partial charge on any atom is 0.310 e. The zero-order chi connectivity index (χ0) is 16.6. The summed E-state index contributed by atoms with van der Waals surface area (Å²) < 4.78 is 0. The molecular formula is C19H25NO3. The van der Waals surface area contributed by atoms with Crippen molar-refractivity contribution in [1.82, 2.24) is 5.32 Å². The van der Waals surface area contributed by atoms with Crippen LogP contribution in [0.4, 0.5) is 0 Å². The molecule has 2 aliphatic carbocycles. The molecule has 0 aromatic heterocycles. The summed E-state index contributed by atoms with van der Waals surface area (Å²) in [5.74, 6) is -0.491. The molecule has 1 unspecified atom stereocenters. The van der Waals surface area contributed by atoms with Crippen LogP contribution < -0.4 is 5.32 Å². The summed E-state index contributed by atoms with van der Waals surface area (Å²) in [6, 6.07) is 6.57. The number of hydrogen-bond donors (Lipinski definition) is 2. The van der Waals surface area contributed by atoms with E-state index in [0.29, 0.717) is 18.8 Å². The Morgan fingerprint density at radius 3 is 2.65 bits per heavy atom. The standard InChI is InChI=1S/C19H25NO3/c1-12(2)14-5-4-13-6-7-16(15(13)10-14)20-17(21)11-19(18(22)23)8-3-9-19/h4-5,10,12,16H,3,6-9,11H2,1-2H3,(H,20,21)(H,22,23). The highest BCUT2D eigenvalue weighted by molar-refractivity contribution is 5.86. The minimum absolute atomic E-state index is 0.0297. The van der Waals surface area contributed by atoms with Crippen LogP contribution in [0.3, 0.4) is 0 Å². The van der Waals surface area contributed by atoms with Crippen LogP contribution in [-0.4, -0.2) is 17.0 Å². The number of benzene rings is 1. The number of nitrogens with one attached hydrogen (secondary N) is 1. The molecule has 0 spiro atoms. The number of carbonyl (C=O) groups excluding carboxylic acids is 1. The molecule has 0 aliphatic heterocycles. The third-order valence-corrected chi connectivity index (χ3v) is 5.51. The molecule has 0 saturated heterocycles. The molecular weight excluding hydrogens is 290 g/mol. The van der Waals surface area contributed by atoms with E-state index >= 15 is 0 Å². The van der Waals surface area contributed by atoms with Gasteiger partial charge in [0, 0.05) is 6.42 Å². The minimum atomic E-state index is -0.826. The van der Waals surface area contributed by atoms with Crippen LogP contribution in [0.2, 0.25) is 0 Å². The molecule has 1 fully saturated rings. The van der Waals surface area contributed by atoms with Gasteiger partial charge in [-0.1, -0.05) is 38.5 Å². The van der Waals surface area contributed by atoms with E-state index in [1.54, 1.807) is 0 Å². The van der Waals surface area contributed by atoms with Crippen molar-refractivity contribution in [2.75, 3.05) is 0 Å². The van der Waals surface area contributed by atoms with E-state index < -0.39 is 11.4 Å². The molecule has 124 valence electrons. The lowest BCUT2D eigenvalue weighted by molar-refractivity contribution is -0.157. The Labute approximate surface area is 137 Å². The zero-order valence-corrected chi connectivity index (χ0v) is 13.9. The molecule has 1 saturated carbocycles. The Hall–Kier alpha value is -1.84. The van der Waals surface area contributed by atoms with Crippen LogP contribution in [0, 0.1) is 5.41 Å². The first-order chi connectivity index (χ1) is 10.9. The SMILES string of the molecule is CC(C)c1ccc2c(c1)C(NC(=O)CC1(C(=O)O)CCC1)CC2. The molecule has 0 heterocycles. The number of carboxylic acids is 1. The van der Waals surface area contributed by atoms with Crippen LogP contribution in [0.5, 0.6) is 0 Å². The molecule has 1 amide bonds. The fraction of sp³-hybridized carbons (Fsp3) is 0.579. The predicted molar refractivity (Wildman–Crippen MR) is 88.3 cm³/mol. The minimum Gasteiger partial charge on any atom is -0.481 e. The van der Waals surface area contributed by atoms with Crippen LogP contribution >= 0.6 is 0 Å². The second-order valence-corrected chi connectivity index (χ2v) is 7.39. The van der Waals surface area contributed by atoms with Gasteiger partial charge in [0.15, 0.2) is 0 Å². The molecule has 4 heteroatoms. The fourth-order valence-corrected chi connectivity index (χ4v) is 3.75. The van der Waals surface area contributed by atoms with Gasteiger partial charge in [-0.05, 0) is 48.3 Å². The molecule has 4 nitrogen and oxygen atoms in total. The summed E-state index contributed by atoms with van der Waals surface area (Å²) in [6.45, 7) is 4.33. The van der Waals surface area contributed by atoms with E-state index in [4.69, 9.17) is 0 Å². The topological polar surface area (TPSA) is 66.4 Å². The first-order valence-corrected chi connectivity index (χ1v) is 8.57. The normalized spacial score (nSPS) is 21.6. The lowest BCUT2D eigenvalue weighted by Crippen LogP contribution is -2.43. The van der Waals surface area contributed by atoms with Crippen LogP contribution in [0.25, 0.3) is 0 Å². The van der Waals surface area contributed by atoms with E-state index in [1.807, 2.05) is 0 Å². The number of hydrogen-bond acceptors (Lipinski definition) is 2. The number of carboxylic acid groups (broad SMARTS) is 1. The third kappa shape index (κ3) is 2.99. The Bertz CT molecular complexity index is 632. The van der Waals surface area contributed by atoms with Crippen molar-refractivity contribution in [3.8, 4) is 0 Å². The first-order valence-electron chi connectivity index (χ1n) is 8.57. The van der Waals surface area contributed by atoms with Gasteiger partial charge in [-0.2, -0.15) is 0 Å². The number of rotatable bonds is 5. The lowest BCUT2D eigenvalue weighted by Gasteiger charge is -2.37. The monoisotopic (exact) mass is 315 g/mol. The van der Waals surface area contributed by atoms with Crippen molar-refractivity contribution in [3.63, 3.8) is 0 Å². The van der Waals surface area contributed by atoms with Gasteiger partial charge in [-0.3, -0.25) is 9.59 Å². The van der Waals surface area contributed by atoms with Crippen molar-refractivity contribution in [2.45, 2.75) is 64.3 Å². The van der Waals surface area contributed by atoms with Gasteiger partial charge >= 0.3 is 5.97 Å². The summed E-state index contributed by atoms with van der Waals surface area (Å²) in [4.78, 5) is 23.8. The van der Waals surface area contributed by atoms with E-state index in [0.717, 1.165) is 19.3 Å². The highest BCUT2D eigenvalue weighted by Gasteiger charge is 2.46. The molecule has 3 rings (SSSR count). The highest BCUT2D eigenvalue weighted by atomic mass is 16.4. The average molecular weight is 315 g/mol. The summed E-state index contributed by atoms with van der Waals surface area (Å²) in [6.07, 6.45) is 4.13. The zero-order valence-electron chi connectivity index (χ0n) is 13.9. The largest absolute Gasteiger partial charge is 0.481 e. The van der Waals surface area contributed by atoms with Gasteiger partial charge in [0.1, 0.15) is 0 Å². The van der Waals surface area contributed by atoms with Gasteiger partial charge in [-0.15, -0.1) is 0 Å². The highest BCUT2D eigenvalue weighted by Crippen LogP contribution is 2.44. The summed E-state index contributed by atoms with van der Waals surface area (Å²) in [7, 11) is 0. The second kappa shape index (κ2) is 5.99. The van der Waals surface area contributed by atoms with E-state index in [9.17, 15) is 14.7 Å². The molecule has 0 bridgehead atoms. The molecule has 2 aliphatic rings. The average Bonchev–Trinajstić information content (AvgIpc) is 2.84. The van der Waals surface area contributed by atoms with Gasteiger partial charge in [0.05, 0.1) is 11.5 Å². The lowest BCUT2D eigenvalue weighted by atomic mass is 9.66. The van der Waals surface area contributed by atoms with Gasteiger partial charge in [-0.25, -0.2) is 0 Å². The summed E-state index contributed by atoms with van der Waals surface area (Å²) in [5.41, 5.74) is 2.98. The first kappa shape index (κ1) is 16.0. The quantitative estimate of drug-likeness (QED) is 0.873. The third-order valence-electron chi connectivity index (χ3n) is 5.51. The van der Waals surface area contributed by atoms with Crippen molar-refractivity contribution in [2.24, 2.45) is 5.41 Å². The van der Waals surface area contributed by atoms with Crippen molar-refractivity contribution in [3.05, 3.63) is 34.9 Å². The molecule has 2 N–H and O–H groups in total. The number of aliphatic carboxylic acids is 1. The van der Waals surface area contributed by atoms with Crippen molar-refractivity contribution in [1.29, 1.82) is 0 Å². The van der Waals surface area contributed by atoms with Gasteiger partial charge in [0.25, 0.3) is 0 Å². The van der Waals surface area contributed by atoms with E-state index in [-0.39, 0.29) is 18.4 Å². The van der Waals surface area contributed by atoms with E-state index in [1.165, 1.54) is 16.7 Å². The van der Waals surface area contributed by atoms with Crippen LogP contribution in [-0.2, 0) is 16.0 Å². The maximum absolute atomic E-state index is 12.4. The smallest absolute Gasteiger partial charge is 0.310 e.